The highest BCUT2D eigenvalue weighted by Crippen LogP contribution is 2.25. The number of esters is 1. The van der Waals surface area contributed by atoms with Crippen molar-refractivity contribution in [3.63, 3.8) is 0 Å². The molecule has 8 heteroatoms. The van der Waals surface area contributed by atoms with Crippen LogP contribution in [0.4, 0.5) is 0 Å². The summed E-state index contributed by atoms with van der Waals surface area (Å²) >= 11 is 11.9. The first-order chi connectivity index (χ1) is 12.5. The number of carbonyl (C=O) groups is 1. The smallest absolute Gasteiger partial charge is 0.346 e. The molecule has 0 radical (unpaired) electrons. The monoisotopic (exact) mass is 386 g/mol. The average molecular weight is 387 g/mol. The van der Waals surface area contributed by atoms with Crippen LogP contribution < -0.4 is 4.74 Å². The third kappa shape index (κ3) is 3.05. The predicted molar refractivity (Wildman–Crippen MR) is 99.4 cm³/mol. The number of rotatable bonds is 3. The van der Waals surface area contributed by atoms with Gasteiger partial charge in [-0.25, -0.2) is 9.78 Å². The Morgan fingerprint density at radius 1 is 1.15 bits per heavy atom. The van der Waals surface area contributed by atoms with E-state index in [2.05, 4.69) is 15.1 Å². The molecule has 0 amide bonds. The molecule has 2 aromatic heterocycles. The molecular weight excluding hydrogens is 375 g/mol. The van der Waals surface area contributed by atoms with Crippen molar-refractivity contribution in [3.8, 4) is 11.8 Å². The van der Waals surface area contributed by atoms with Crippen molar-refractivity contribution in [3.05, 3.63) is 69.8 Å². The summed E-state index contributed by atoms with van der Waals surface area (Å²) in [6.45, 7) is 1.80. The molecule has 4 aromatic rings. The van der Waals surface area contributed by atoms with E-state index in [4.69, 9.17) is 27.9 Å². The second-order valence-electron chi connectivity index (χ2n) is 5.63. The van der Waals surface area contributed by atoms with Crippen LogP contribution in [0.2, 0.25) is 10.0 Å². The Bertz CT molecular complexity index is 1100. The van der Waals surface area contributed by atoms with Crippen LogP contribution in [-0.4, -0.2) is 25.7 Å². The van der Waals surface area contributed by atoms with Gasteiger partial charge in [-0.05, 0) is 37.3 Å². The number of imidazole rings is 1. The van der Waals surface area contributed by atoms with E-state index < -0.39 is 5.97 Å². The lowest BCUT2D eigenvalue weighted by molar-refractivity contribution is 0.0723. The van der Waals surface area contributed by atoms with E-state index in [-0.39, 0.29) is 16.5 Å². The van der Waals surface area contributed by atoms with E-state index in [1.165, 1.54) is 16.8 Å². The van der Waals surface area contributed by atoms with Crippen LogP contribution in [0.15, 0.2) is 48.5 Å². The molecule has 26 heavy (non-hydrogen) atoms. The van der Waals surface area contributed by atoms with Gasteiger partial charge in [0.2, 0.25) is 11.8 Å². The first-order valence-electron chi connectivity index (χ1n) is 7.70. The van der Waals surface area contributed by atoms with Crippen molar-refractivity contribution >= 4 is 40.2 Å². The molecule has 0 fully saturated rings. The number of nitrogens with zero attached hydrogens (tertiary/aromatic N) is 3. The molecule has 0 bridgehead atoms. The number of fused-ring (bicyclic) bond motifs is 1. The number of aromatic nitrogens is 4. The largest absolute Gasteiger partial charge is 0.404 e. The zero-order valence-electron chi connectivity index (χ0n) is 13.5. The molecular formula is C18H12Cl2N4O2. The maximum Gasteiger partial charge on any atom is 0.346 e. The van der Waals surface area contributed by atoms with Gasteiger partial charge in [0.25, 0.3) is 0 Å². The van der Waals surface area contributed by atoms with Gasteiger partial charge < -0.3 is 9.72 Å². The van der Waals surface area contributed by atoms with E-state index in [1.54, 1.807) is 19.1 Å². The van der Waals surface area contributed by atoms with Gasteiger partial charge in [0.05, 0.1) is 27.3 Å². The molecule has 1 N–H and O–H groups in total. The number of nitrogens with one attached hydrogen (secondary N) is 1. The van der Waals surface area contributed by atoms with Gasteiger partial charge in [0, 0.05) is 11.1 Å². The third-order valence-electron chi connectivity index (χ3n) is 3.72. The number of hydrogen-bond donors (Lipinski definition) is 1. The zero-order valence-corrected chi connectivity index (χ0v) is 15.0. The molecule has 0 aliphatic rings. The molecule has 4 rings (SSSR count). The number of benzene rings is 2. The average Bonchev–Trinajstić information content (AvgIpc) is 3.17. The third-order valence-corrected chi connectivity index (χ3v) is 4.27. The van der Waals surface area contributed by atoms with Gasteiger partial charge in [0.15, 0.2) is 0 Å². The summed E-state index contributed by atoms with van der Waals surface area (Å²) in [4.78, 5) is 20.1. The molecule has 6 nitrogen and oxygen atoms in total. The van der Waals surface area contributed by atoms with Gasteiger partial charge in [-0.15, -0.1) is 0 Å². The lowest BCUT2D eigenvalue weighted by Gasteiger charge is -2.07. The van der Waals surface area contributed by atoms with Crippen LogP contribution in [-0.2, 0) is 0 Å². The number of aryl methyl sites for hydroxylation is 1. The Labute approximate surface area is 158 Å². The van der Waals surface area contributed by atoms with Gasteiger partial charge in [-0.3, -0.25) is 0 Å². The van der Waals surface area contributed by atoms with Crippen molar-refractivity contribution in [2.24, 2.45) is 0 Å². The van der Waals surface area contributed by atoms with E-state index in [1.807, 2.05) is 24.3 Å². The predicted octanol–water partition coefficient (Wildman–Crippen LogP) is 4.58. The van der Waals surface area contributed by atoms with E-state index in [9.17, 15) is 4.79 Å². The number of hydrogen-bond acceptors (Lipinski definition) is 4. The first kappa shape index (κ1) is 16.6. The number of para-hydroxylation sites is 2. The fourth-order valence-electron chi connectivity index (χ4n) is 2.54. The molecule has 130 valence electrons. The van der Waals surface area contributed by atoms with Crippen LogP contribution in [0.25, 0.3) is 17.0 Å². The van der Waals surface area contributed by atoms with Crippen molar-refractivity contribution in [2.45, 2.75) is 6.92 Å². The SMILES string of the molecule is Cc1cc(OC(=O)c2ccc(Cl)cc2Cl)n(-c2nc3ccccc3[nH]2)n1. The fourth-order valence-corrected chi connectivity index (χ4v) is 3.03. The normalized spacial score (nSPS) is 11.0. The lowest BCUT2D eigenvalue weighted by Crippen LogP contribution is -2.12. The van der Waals surface area contributed by atoms with E-state index in [0.29, 0.717) is 16.7 Å². The second kappa shape index (κ2) is 6.48. The highest BCUT2D eigenvalue weighted by Gasteiger charge is 2.19. The highest BCUT2D eigenvalue weighted by molar-refractivity contribution is 6.36. The quantitative estimate of drug-likeness (QED) is 0.522. The zero-order chi connectivity index (χ0) is 18.3. The Kier molecular flexibility index (Phi) is 4.14. The first-order valence-corrected chi connectivity index (χ1v) is 8.46. The number of ether oxygens (including phenoxy) is 1. The van der Waals surface area contributed by atoms with Crippen LogP contribution in [0.5, 0.6) is 5.88 Å². The van der Waals surface area contributed by atoms with Crippen LogP contribution in [0, 0.1) is 6.92 Å². The van der Waals surface area contributed by atoms with Crippen molar-refractivity contribution in [2.75, 3.05) is 0 Å². The minimum atomic E-state index is -0.607. The second-order valence-corrected chi connectivity index (χ2v) is 6.47. The number of H-pyrrole nitrogens is 1. The number of halogens is 2. The van der Waals surface area contributed by atoms with Gasteiger partial charge in [-0.2, -0.15) is 9.78 Å². The summed E-state index contributed by atoms with van der Waals surface area (Å²) in [5.74, 6) is 0.0748. The summed E-state index contributed by atoms with van der Waals surface area (Å²) in [5, 5.41) is 5.01. The summed E-state index contributed by atoms with van der Waals surface area (Å²) in [6, 6.07) is 13.8. The van der Waals surface area contributed by atoms with E-state index in [0.717, 1.165) is 11.0 Å². The maximum absolute atomic E-state index is 12.5. The summed E-state index contributed by atoms with van der Waals surface area (Å²) in [7, 11) is 0. The van der Waals surface area contributed by atoms with Crippen LogP contribution in [0.1, 0.15) is 16.1 Å². The topological polar surface area (TPSA) is 72.8 Å². The Morgan fingerprint density at radius 2 is 1.96 bits per heavy atom. The highest BCUT2D eigenvalue weighted by atomic mass is 35.5. The van der Waals surface area contributed by atoms with Gasteiger partial charge in [0.1, 0.15) is 0 Å². The minimum Gasteiger partial charge on any atom is -0.404 e. The van der Waals surface area contributed by atoms with Crippen molar-refractivity contribution in [1.29, 1.82) is 0 Å². The molecule has 0 saturated heterocycles. The van der Waals surface area contributed by atoms with Crippen molar-refractivity contribution < 1.29 is 9.53 Å². The van der Waals surface area contributed by atoms with Crippen LogP contribution >= 0.6 is 23.2 Å². The van der Waals surface area contributed by atoms with Gasteiger partial charge in [-0.1, -0.05) is 35.3 Å². The summed E-state index contributed by atoms with van der Waals surface area (Å²) in [5.41, 5.74) is 2.53. The Balaban J connectivity index is 1.70. The van der Waals surface area contributed by atoms with Crippen LogP contribution in [0.3, 0.4) is 0 Å². The molecule has 0 atom stereocenters. The molecule has 2 heterocycles. The number of carbonyl (C=O) groups excluding carboxylic acids is 1. The van der Waals surface area contributed by atoms with Gasteiger partial charge >= 0.3 is 5.97 Å². The molecule has 2 aromatic carbocycles. The van der Waals surface area contributed by atoms with Crippen molar-refractivity contribution in [1.82, 2.24) is 19.7 Å². The Morgan fingerprint density at radius 3 is 2.73 bits per heavy atom. The number of aromatic amines is 1. The molecule has 0 aliphatic heterocycles. The Hall–Kier alpha value is -2.83. The lowest BCUT2D eigenvalue weighted by atomic mass is 10.2. The maximum atomic E-state index is 12.5. The molecule has 0 saturated carbocycles. The molecule has 0 spiro atoms. The standard InChI is InChI=1S/C18H12Cl2N4O2/c1-10-8-16(26-17(25)12-7-6-11(19)9-13(12)20)24(23-10)18-21-14-4-2-3-5-15(14)22-18/h2-9H,1H3,(H,21,22). The molecule has 0 unspecified atom stereocenters. The van der Waals surface area contributed by atoms with E-state index >= 15 is 0 Å². The minimum absolute atomic E-state index is 0.214. The molecule has 0 aliphatic carbocycles. The fraction of sp³-hybridized carbons (Fsp3) is 0.0556. The summed E-state index contributed by atoms with van der Waals surface area (Å²) < 4.78 is 6.94. The summed E-state index contributed by atoms with van der Waals surface area (Å²) in [6.07, 6.45) is 0.